The van der Waals surface area contributed by atoms with Gasteiger partial charge in [0.25, 0.3) is 0 Å². The van der Waals surface area contributed by atoms with E-state index < -0.39 is 0 Å². The fourth-order valence-electron chi connectivity index (χ4n) is 3.40. The van der Waals surface area contributed by atoms with Crippen LogP contribution in [0.5, 0.6) is 0 Å². The Labute approximate surface area is 115 Å². The highest BCUT2D eigenvalue weighted by molar-refractivity contribution is 5.31. The Morgan fingerprint density at radius 3 is 2.58 bits per heavy atom. The molecule has 19 heavy (non-hydrogen) atoms. The van der Waals surface area contributed by atoms with Crippen LogP contribution in [0.4, 0.5) is 5.82 Å². The van der Waals surface area contributed by atoms with Gasteiger partial charge in [0.15, 0.2) is 0 Å². The number of anilines is 1. The molecule has 2 heterocycles. The van der Waals surface area contributed by atoms with Gasteiger partial charge in [0.1, 0.15) is 5.82 Å². The molecule has 2 aliphatic rings. The number of likely N-dealkylation sites (tertiary alicyclic amines) is 1. The van der Waals surface area contributed by atoms with E-state index in [0.717, 1.165) is 11.7 Å². The van der Waals surface area contributed by atoms with Crippen LogP contribution in [-0.4, -0.2) is 40.5 Å². The van der Waals surface area contributed by atoms with E-state index in [2.05, 4.69) is 20.2 Å². The van der Waals surface area contributed by atoms with Gasteiger partial charge < -0.3 is 10.2 Å². The van der Waals surface area contributed by atoms with E-state index >= 15 is 0 Å². The van der Waals surface area contributed by atoms with Gasteiger partial charge in [-0.2, -0.15) is 0 Å². The number of nitrogens with one attached hydrogen (secondary N) is 1. The zero-order valence-corrected chi connectivity index (χ0v) is 11.6. The van der Waals surface area contributed by atoms with Crippen molar-refractivity contribution in [3.63, 3.8) is 0 Å². The third kappa shape index (κ3) is 3.66. The van der Waals surface area contributed by atoms with Crippen LogP contribution in [0.15, 0.2) is 18.6 Å². The number of nitrogens with zero attached hydrogens (tertiary/aromatic N) is 3. The lowest BCUT2D eigenvalue weighted by Crippen LogP contribution is -2.41. The molecule has 1 saturated carbocycles. The van der Waals surface area contributed by atoms with Crippen molar-refractivity contribution in [1.82, 2.24) is 14.9 Å². The predicted octanol–water partition coefficient (Wildman–Crippen LogP) is 2.54. The smallest absolute Gasteiger partial charge is 0.144 e. The minimum Gasteiger partial charge on any atom is -0.366 e. The van der Waals surface area contributed by atoms with E-state index in [4.69, 9.17) is 0 Å². The Balaban J connectivity index is 1.41. The third-order valence-electron chi connectivity index (χ3n) is 4.49. The molecule has 2 fully saturated rings. The van der Waals surface area contributed by atoms with Gasteiger partial charge in [0.2, 0.25) is 0 Å². The molecule has 3 rings (SSSR count). The molecule has 1 aliphatic heterocycles. The average molecular weight is 260 g/mol. The Morgan fingerprint density at radius 2 is 1.89 bits per heavy atom. The van der Waals surface area contributed by atoms with E-state index in [9.17, 15) is 0 Å². The fraction of sp³-hybridized carbons (Fsp3) is 0.733. The summed E-state index contributed by atoms with van der Waals surface area (Å²) in [6.45, 7) is 3.79. The standard InChI is InChI=1S/C15H24N4/c1-2-4-13(3-1)12-19-9-5-14(6-10-19)18-15-11-16-7-8-17-15/h7-8,11,13-14H,1-6,9-10,12H2,(H,17,18). The van der Waals surface area contributed by atoms with Gasteiger partial charge in [0, 0.05) is 38.1 Å². The molecular weight excluding hydrogens is 236 g/mol. The van der Waals surface area contributed by atoms with Crippen LogP contribution >= 0.6 is 0 Å². The summed E-state index contributed by atoms with van der Waals surface area (Å²) < 4.78 is 0. The number of piperidine rings is 1. The zero-order chi connectivity index (χ0) is 12.9. The first-order valence-corrected chi connectivity index (χ1v) is 7.65. The van der Waals surface area contributed by atoms with Gasteiger partial charge >= 0.3 is 0 Å². The molecule has 4 heteroatoms. The number of aromatic nitrogens is 2. The highest BCUT2D eigenvalue weighted by Crippen LogP contribution is 2.26. The van der Waals surface area contributed by atoms with Gasteiger partial charge in [-0.1, -0.05) is 12.8 Å². The molecule has 0 atom stereocenters. The molecule has 1 aromatic heterocycles. The second-order valence-corrected chi connectivity index (χ2v) is 5.96. The summed E-state index contributed by atoms with van der Waals surface area (Å²) in [4.78, 5) is 11.0. The molecule has 4 nitrogen and oxygen atoms in total. The van der Waals surface area contributed by atoms with Crippen LogP contribution in [0.25, 0.3) is 0 Å². The maximum atomic E-state index is 4.29. The van der Waals surface area contributed by atoms with Gasteiger partial charge in [-0.15, -0.1) is 0 Å². The van der Waals surface area contributed by atoms with E-state index in [1.807, 2.05) is 6.20 Å². The number of rotatable bonds is 4. The van der Waals surface area contributed by atoms with Crippen molar-refractivity contribution in [1.29, 1.82) is 0 Å². The average Bonchev–Trinajstić information content (AvgIpc) is 2.95. The number of hydrogen-bond donors (Lipinski definition) is 1. The lowest BCUT2D eigenvalue weighted by Gasteiger charge is -2.34. The van der Waals surface area contributed by atoms with Crippen molar-refractivity contribution in [3.05, 3.63) is 18.6 Å². The monoisotopic (exact) mass is 260 g/mol. The minimum atomic E-state index is 0.566. The Bertz CT molecular complexity index is 367. The molecule has 1 aromatic rings. The second kappa shape index (κ2) is 6.33. The van der Waals surface area contributed by atoms with E-state index in [-0.39, 0.29) is 0 Å². The van der Waals surface area contributed by atoms with Gasteiger partial charge in [-0.3, -0.25) is 4.98 Å². The van der Waals surface area contributed by atoms with Crippen molar-refractivity contribution >= 4 is 5.82 Å². The topological polar surface area (TPSA) is 41.1 Å². The van der Waals surface area contributed by atoms with Crippen molar-refractivity contribution in [3.8, 4) is 0 Å². The lowest BCUT2D eigenvalue weighted by atomic mass is 10.0. The summed E-state index contributed by atoms with van der Waals surface area (Å²) in [7, 11) is 0. The highest BCUT2D eigenvalue weighted by atomic mass is 15.2. The first-order chi connectivity index (χ1) is 9.40. The molecule has 0 amide bonds. The first-order valence-electron chi connectivity index (χ1n) is 7.65. The molecule has 0 radical (unpaired) electrons. The van der Waals surface area contributed by atoms with Crippen molar-refractivity contribution < 1.29 is 0 Å². The maximum Gasteiger partial charge on any atom is 0.144 e. The lowest BCUT2D eigenvalue weighted by molar-refractivity contribution is 0.189. The Morgan fingerprint density at radius 1 is 1.11 bits per heavy atom. The van der Waals surface area contributed by atoms with Crippen LogP contribution in [-0.2, 0) is 0 Å². The molecule has 1 aliphatic carbocycles. The van der Waals surface area contributed by atoms with Crippen molar-refractivity contribution in [2.45, 2.75) is 44.6 Å². The van der Waals surface area contributed by atoms with E-state index in [0.29, 0.717) is 6.04 Å². The Hall–Kier alpha value is -1.16. The molecule has 0 spiro atoms. The maximum absolute atomic E-state index is 4.29. The zero-order valence-electron chi connectivity index (χ0n) is 11.6. The molecule has 0 unspecified atom stereocenters. The normalized spacial score (nSPS) is 22.7. The van der Waals surface area contributed by atoms with Crippen LogP contribution in [0.1, 0.15) is 38.5 Å². The largest absolute Gasteiger partial charge is 0.366 e. The van der Waals surface area contributed by atoms with Gasteiger partial charge in [0.05, 0.1) is 6.20 Å². The molecule has 1 N–H and O–H groups in total. The quantitative estimate of drug-likeness (QED) is 0.903. The highest BCUT2D eigenvalue weighted by Gasteiger charge is 2.23. The van der Waals surface area contributed by atoms with Crippen LogP contribution in [0, 0.1) is 5.92 Å². The first kappa shape index (κ1) is 12.9. The SMILES string of the molecule is c1cnc(NC2CCN(CC3CCCC3)CC2)cn1. The van der Waals surface area contributed by atoms with Gasteiger partial charge in [-0.05, 0) is 31.6 Å². The van der Waals surface area contributed by atoms with Crippen molar-refractivity contribution in [2.24, 2.45) is 5.92 Å². The summed E-state index contributed by atoms with van der Waals surface area (Å²) >= 11 is 0. The molecule has 0 bridgehead atoms. The van der Waals surface area contributed by atoms with Crippen LogP contribution in [0.2, 0.25) is 0 Å². The molecular formula is C15H24N4. The summed E-state index contributed by atoms with van der Waals surface area (Å²) in [5.41, 5.74) is 0. The second-order valence-electron chi connectivity index (χ2n) is 5.96. The van der Waals surface area contributed by atoms with E-state index in [1.54, 1.807) is 12.4 Å². The van der Waals surface area contributed by atoms with Crippen LogP contribution < -0.4 is 5.32 Å². The summed E-state index contributed by atoms with van der Waals surface area (Å²) in [6.07, 6.45) is 13.5. The predicted molar refractivity (Wildman–Crippen MR) is 77.1 cm³/mol. The molecule has 104 valence electrons. The fourth-order valence-corrected chi connectivity index (χ4v) is 3.40. The molecule has 1 saturated heterocycles. The summed E-state index contributed by atoms with van der Waals surface area (Å²) in [6, 6.07) is 0.566. The molecule has 0 aromatic carbocycles. The minimum absolute atomic E-state index is 0.566. The van der Waals surface area contributed by atoms with Crippen LogP contribution in [0.3, 0.4) is 0 Å². The van der Waals surface area contributed by atoms with Crippen molar-refractivity contribution in [2.75, 3.05) is 25.0 Å². The van der Waals surface area contributed by atoms with E-state index in [1.165, 1.54) is 58.2 Å². The summed E-state index contributed by atoms with van der Waals surface area (Å²) in [5.74, 6) is 1.89. The number of hydrogen-bond acceptors (Lipinski definition) is 4. The summed E-state index contributed by atoms with van der Waals surface area (Å²) in [5, 5.41) is 3.49. The third-order valence-corrected chi connectivity index (χ3v) is 4.49. The van der Waals surface area contributed by atoms with Gasteiger partial charge in [-0.25, -0.2) is 4.98 Å². The Kier molecular flexibility index (Phi) is 4.28.